The highest BCUT2D eigenvalue weighted by molar-refractivity contribution is 7.99. The van der Waals surface area contributed by atoms with Crippen LogP contribution in [0.25, 0.3) is 5.69 Å². The summed E-state index contributed by atoms with van der Waals surface area (Å²) < 4.78 is 1.97. The Labute approximate surface area is 156 Å². The summed E-state index contributed by atoms with van der Waals surface area (Å²) in [5.74, 6) is 0.427. The van der Waals surface area contributed by atoms with E-state index in [2.05, 4.69) is 20.4 Å². The fraction of sp³-hybridized carbons (Fsp3) is 0.412. The maximum Gasteiger partial charge on any atom is 0.318 e. The Hall–Kier alpha value is -2.39. The lowest BCUT2D eigenvalue weighted by atomic mass is 10.1. The minimum atomic E-state index is -0.856. The number of nitrogens with one attached hydrogen (secondary N) is 1. The second-order valence-electron chi connectivity index (χ2n) is 6.11. The van der Waals surface area contributed by atoms with Crippen molar-refractivity contribution in [3.8, 4) is 5.69 Å². The maximum absolute atomic E-state index is 11.7. The van der Waals surface area contributed by atoms with Crippen molar-refractivity contribution in [1.29, 1.82) is 0 Å². The summed E-state index contributed by atoms with van der Waals surface area (Å²) in [6.07, 6.45) is 3.68. The van der Waals surface area contributed by atoms with E-state index in [1.165, 1.54) is 31.0 Å². The molecule has 3 amide bonds. The monoisotopic (exact) mass is 374 g/mol. The molecule has 0 aliphatic carbocycles. The minimum absolute atomic E-state index is 0.0393. The average Bonchev–Trinajstić information content (AvgIpc) is 3.03. The van der Waals surface area contributed by atoms with Crippen molar-refractivity contribution in [2.75, 3.05) is 18.8 Å². The molecule has 3 rings (SSSR count). The summed E-state index contributed by atoms with van der Waals surface area (Å²) in [6.45, 7) is 2.84. The molecule has 1 fully saturated rings. The van der Waals surface area contributed by atoms with Crippen LogP contribution < -0.4 is 11.1 Å². The second-order valence-corrected chi connectivity index (χ2v) is 7.05. The predicted octanol–water partition coefficient (Wildman–Crippen LogP) is 1.54. The zero-order valence-electron chi connectivity index (χ0n) is 14.4. The third-order valence-corrected chi connectivity index (χ3v) is 5.05. The Morgan fingerprint density at radius 1 is 1.12 bits per heavy atom. The number of primary amides is 1. The number of carbonyl (C=O) groups is 2. The van der Waals surface area contributed by atoms with Gasteiger partial charge in [-0.15, -0.1) is 10.2 Å². The molecule has 0 spiro atoms. The van der Waals surface area contributed by atoms with Crippen LogP contribution in [0.15, 0.2) is 35.5 Å². The van der Waals surface area contributed by atoms with E-state index in [1.54, 1.807) is 0 Å². The van der Waals surface area contributed by atoms with Crippen molar-refractivity contribution >= 4 is 23.7 Å². The fourth-order valence-electron chi connectivity index (χ4n) is 2.95. The Balaban J connectivity index is 1.80. The van der Waals surface area contributed by atoms with Crippen LogP contribution in [0.1, 0.15) is 25.1 Å². The maximum atomic E-state index is 11.7. The van der Waals surface area contributed by atoms with E-state index in [4.69, 9.17) is 5.73 Å². The third-order valence-electron chi connectivity index (χ3n) is 4.12. The molecule has 1 aliphatic rings. The number of carbonyl (C=O) groups excluding carboxylic acids is 2. The summed E-state index contributed by atoms with van der Waals surface area (Å²) >= 11 is 1.23. The molecule has 1 aromatic carbocycles. The molecule has 2 aromatic rings. The van der Waals surface area contributed by atoms with Crippen LogP contribution in [0.5, 0.6) is 0 Å². The Morgan fingerprint density at radius 3 is 2.54 bits per heavy atom. The van der Waals surface area contributed by atoms with E-state index in [0.717, 1.165) is 31.1 Å². The van der Waals surface area contributed by atoms with Gasteiger partial charge in [0.05, 0.1) is 12.3 Å². The molecule has 9 heteroatoms. The highest BCUT2D eigenvalue weighted by atomic mass is 32.2. The molecule has 0 saturated carbocycles. The number of likely N-dealkylation sites (tertiary alicyclic amines) is 1. The fourth-order valence-corrected chi connectivity index (χ4v) is 3.72. The van der Waals surface area contributed by atoms with Crippen LogP contribution in [-0.2, 0) is 11.3 Å². The molecule has 26 heavy (non-hydrogen) atoms. The van der Waals surface area contributed by atoms with E-state index in [0.29, 0.717) is 5.16 Å². The number of nitrogens with two attached hydrogens (primary N) is 1. The van der Waals surface area contributed by atoms with E-state index in [9.17, 15) is 9.59 Å². The van der Waals surface area contributed by atoms with Gasteiger partial charge in [-0.25, -0.2) is 4.79 Å². The summed E-state index contributed by atoms with van der Waals surface area (Å²) in [7, 11) is 0. The lowest BCUT2D eigenvalue weighted by Crippen LogP contribution is -2.36. The number of thioether (sulfide) groups is 1. The van der Waals surface area contributed by atoms with Crippen LogP contribution in [0, 0.1) is 0 Å². The number of urea groups is 1. The number of benzene rings is 1. The van der Waals surface area contributed by atoms with Crippen molar-refractivity contribution in [3.63, 3.8) is 0 Å². The molecule has 1 aromatic heterocycles. The third kappa shape index (κ3) is 4.83. The summed E-state index contributed by atoms with van der Waals surface area (Å²) in [5.41, 5.74) is 5.92. The van der Waals surface area contributed by atoms with Crippen LogP contribution in [0.2, 0.25) is 0 Å². The van der Waals surface area contributed by atoms with Gasteiger partial charge in [-0.05, 0) is 38.1 Å². The molecule has 0 unspecified atom stereocenters. The van der Waals surface area contributed by atoms with E-state index in [-0.39, 0.29) is 5.75 Å². The van der Waals surface area contributed by atoms with Crippen LogP contribution in [-0.4, -0.2) is 50.4 Å². The first-order valence-electron chi connectivity index (χ1n) is 8.57. The molecule has 3 N–H and O–H groups in total. The van der Waals surface area contributed by atoms with Crippen molar-refractivity contribution < 1.29 is 9.59 Å². The zero-order chi connectivity index (χ0) is 18.4. The SMILES string of the molecule is NC(=O)NC(=O)CSc1nnc(CN2CCCCC2)n1-c1ccccc1. The Morgan fingerprint density at radius 2 is 1.85 bits per heavy atom. The molecule has 1 saturated heterocycles. The van der Waals surface area contributed by atoms with Gasteiger partial charge in [0.25, 0.3) is 0 Å². The molecule has 0 bridgehead atoms. The summed E-state index contributed by atoms with van der Waals surface area (Å²) in [6, 6.07) is 8.96. The van der Waals surface area contributed by atoms with Crippen molar-refractivity contribution in [2.24, 2.45) is 5.73 Å². The van der Waals surface area contributed by atoms with E-state index in [1.807, 2.05) is 34.9 Å². The second kappa shape index (κ2) is 8.81. The van der Waals surface area contributed by atoms with Gasteiger partial charge in [0.15, 0.2) is 11.0 Å². The Bertz CT molecular complexity index is 758. The number of amides is 3. The first-order chi connectivity index (χ1) is 12.6. The number of para-hydroxylation sites is 1. The standard InChI is InChI=1S/C17H22N6O2S/c18-16(25)19-15(24)12-26-17-21-20-14(11-22-9-5-2-6-10-22)23(17)13-7-3-1-4-8-13/h1,3-4,7-8H,2,5-6,9-12H2,(H3,18,19,24,25). The van der Waals surface area contributed by atoms with Gasteiger partial charge in [0.2, 0.25) is 5.91 Å². The largest absolute Gasteiger partial charge is 0.351 e. The molecule has 0 atom stereocenters. The normalized spacial score (nSPS) is 14.9. The van der Waals surface area contributed by atoms with E-state index >= 15 is 0 Å². The van der Waals surface area contributed by atoms with Crippen LogP contribution >= 0.6 is 11.8 Å². The highest BCUT2D eigenvalue weighted by Gasteiger charge is 2.19. The molecule has 8 nitrogen and oxygen atoms in total. The number of piperidine rings is 1. The van der Waals surface area contributed by atoms with Gasteiger partial charge in [-0.2, -0.15) is 0 Å². The number of nitrogens with zero attached hydrogens (tertiary/aromatic N) is 4. The lowest BCUT2D eigenvalue weighted by Gasteiger charge is -2.26. The van der Waals surface area contributed by atoms with Crippen LogP contribution in [0.4, 0.5) is 4.79 Å². The topological polar surface area (TPSA) is 106 Å². The van der Waals surface area contributed by atoms with Crippen LogP contribution in [0.3, 0.4) is 0 Å². The lowest BCUT2D eigenvalue weighted by molar-refractivity contribution is -0.117. The number of aromatic nitrogens is 3. The van der Waals surface area contributed by atoms with Gasteiger partial charge in [-0.3, -0.25) is 19.6 Å². The van der Waals surface area contributed by atoms with Gasteiger partial charge in [0, 0.05) is 5.69 Å². The van der Waals surface area contributed by atoms with Gasteiger partial charge in [-0.1, -0.05) is 36.4 Å². The van der Waals surface area contributed by atoms with Crippen molar-refractivity contribution in [1.82, 2.24) is 25.0 Å². The summed E-state index contributed by atoms with van der Waals surface area (Å²) in [4.78, 5) is 24.9. The van der Waals surface area contributed by atoms with Gasteiger partial charge < -0.3 is 5.73 Å². The number of imide groups is 1. The highest BCUT2D eigenvalue weighted by Crippen LogP contribution is 2.23. The smallest absolute Gasteiger partial charge is 0.318 e. The molecule has 138 valence electrons. The molecular weight excluding hydrogens is 352 g/mol. The van der Waals surface area contributed by atoms with Gasteiger partial charge in [0.1, 0.15) is 0 Å². The van der Waals surface area contributed by atoms with Gasteiger partial charge >= 0.3 is 6.03 Å². The first kappa shape index (κ1) is 18.4. The minimum Gasteiger partial charge on any atom is -0.351 e. The van der Waals surface area contributed by atoms with Crippen molar-refractivity contribution in [2.45, 2.75) is 31.0 Å². The molecule has 0 radical (unpaired) electrons. The van der Waals surface area contributed by atoms with E-state index < -0.39 is 11.9 Å². The molecular formula is C17H22N6O2S. The average molecular weight is 374 g/mol. The number of rotatable bonds is 6. The zero-order valence-corrected chi connectivity index (χ0v) is 15.2. The van der Waals surface area contributed by atoms with Crippen molar-refractivity contribution in [3.05, 3.63) is 36.2 Å². The quantitative estimate of drug-likeness (QED) is 0.743. The molecule has 1 aliphatic heterocycles. The predicted molar refractivity (Wildman–Crippen MR) is 98.9 cm³/mol. The summed E-state index contributed by atoms with van der Waals surface area (Å²) in [5, 5.41) is 11.3. The Kier molecular flexibility index (Phi) is 6.24. The first-order valence-corrected chi connectivity index (χ1v) is 9.56. The number of hydrogen-bond donors (Lipinski definition) is 2. The number of hydrogen-bond acceptors (Lipinski definition) is 6. The molecule has 2 heterocycles.